The number of oxime groups is 1. The van der Waals surface area contributed by atoms with Gasteiger partial charge in [-0.25, -0.2) is 18.8 Å². The third-order valence-electron chi connectivity index (χ3n) is 4.12. The molecule has 0 aromatic heterocycles. The van der Waals surface area contributed by atoms with Crippen LogP contribution in [-0.4, -0.2) is 61.7 Å². The second kappa shape index (κ2) is 10.8. The minimum Gasteiger partial charge on any atom is -0.466 e. The van der Waals surface area contributed by atoms with Crippen molar-refractivity contribution in [2.75, 3.05) is 20.8 Å². The van der Waals surface area contributed by atoms with Crippen molar-refractivity contribution < 1.29 is 37.8 Å². The molecule has 2 N–H and O–H groups in total. The number of carbonyl (C=O) groups is 3. The highest BCUT2D eigenvalue weighted by Crippen LogP contribution is 2.22. The molecule has 0 unspecified atom stereocenters. The van der Waals surface area contributed by atoms with Crippen LogP contribution in [0.4, 0.5) is 9.18 Å². The maximum atomic E-state index is 14.0. The lowest BCUT2D eigenvalue weighted by molar-refractivity contribution is -0.142. The molecule has 1 saturated heterocycles. The highest BCUT2D eigenvalue weighted by atomic mass is 19.1. The molecule has 1 aromatic carbocycles. The maximum Gasteiger partial charge on any atom is 0.410 e. The van der Waals surface area contributed by atoms with Crippen molar-refractivity contribution in [2.24, 2.45) is 10.9 Å². The monoisotopic (exact) mass is 423 g/mol. The molecule has 1 heterocycles. The van der Waals surface area contributed by atoms with E-state index in [4.69, 9.17) is 15.3 Å². The molecule has 162 valence electrons. The topological polar surface area (TPSA) is 130 Å². The van der Waals surface area contributed by atoms with Gasteiger partial charge in [0.15, 0.2) is 5.84 Å². The fourth-order valence-corrected chi connectivity index (χ4v) is 2.62. The Morgan fingerprint density at radius 2 is 1.93 bits per heavy atom. The number of likely N-dealkylation sites (tertiary alicyclic amines) is 1. The van der Waals surface area contributed by atoms with Crippen molar-refractivity contribution in [1.29, 1.82) is 0 Å². The number of nitrogens with zero attached hydrogens (tertiary/aromatic N) is 2. The van der Waals surface area contributed by atoms with Gasteiger partial charge in [-0.3, -0.25) is 4.90 Å². The molecule has 1 aromatic rings. The molecule has 11 heteroatoms. The first-order valence-electron chi connectivity index (χ1n) is 8.85. The number of esters is 2. The van der Waals surface area contributed by atoms with E-state index in [2.05, 4.69) is 14.6 Å². The van der Waals surface area contributed by atoms with Crippen LogP contribution in [0.1, 0.15) is 12.0 Å². The Morgan fingerprint density at radius 3 is 2.57 bits per heavy atom. The molecule has 30 heavy (non-hydrogen) atoms. The molecule has 2 rings (SSSR count). The smallest absolute Gasteiger partial charge is 0.410 e. The van der Waals surface area contributed by atoms with E-state index < -0.39 is 36.0 Å². The van der Waals surface area contributed by atoms with E-state index in [9.17, 15) is 18.8 Å². The largest absolute Gasteiger partial charge is 0.466 e. The number of halogens is 1. The van der Waals surface area contributed by atoms with Crippen molar-refractivity contribution in [2.45, 2.75) is 25.2 Å². The molecule has 1 fully saturated rings. The number of hydrogen-bond donors (Lipinski definition) is 1. The van der Waals surface area contributed by atoms with Crippen molar-refractivity contribution in [1.82, 2.24) is 4.90 Å². The second-order valence-electron chi connectivity index (χ2n) is 6.17. The molecule has 1 amide bonds. The van der Waals surface area contributed by atoms with E-state index in [-0.39, 0.29) is 25.4 Å². The fourth-order valence-electron chi connectivity index (χ4n) is 2.62. The Kier molecular flexibility index (Phi) is 8.15. The van der Waals surface area contributed by atoms with Crippen LogP contribution < -0.4 is 5.73 Å². The zero-order valence-electron chi connectivity index (χ0n) is 16.4. The third kappa shape index (κ3) is 6.19. The van der Waals surface area contributed by atoms with Gasteiger partial charge in [-0.15, -0.1) is 0 Å². The summed E-state index contributed by atoms with van der Waals surface area (Å²) < 4.78 is 28.0. The highest BCUT2D eigenvalue weighted by molar-refractivity contribution is 5.95. The Morgan fingerprint density at radius 1 is 1.23 bits per heavy atom. The first-order chi connectivity index (χ1) is 14.3. The summed E-state index contributed by atoms with van der Waals surface area (Å²) in [4.78, 5) is 41.4. The summed E-state index contributed by atoms with van der Waals surface area (Å²) in [6.07, 6.45) is -1.55. The van der Waals surface area contributed by atoms with Crippen molar-refractivity contribution in [3.05, 3.63) is 47.7 Å². The number of benzene rings is 1. The van der Waals surface area contributed by atoms with Gasteiger partial charge < -0.3 is 24.8 Å². The van der Waals surface area contributed by atoms with Gasteiger partial charge in [0.1, 0.15) is 12.8 Å². The van der Waals surface area contributed by atoms with E-state index >= 15 is 0 Å². The summed E-state index contributed by atoms with van der Waals surface area (Å²) in [5, 5.41) is 3.55. The summed E-state index contributed by atoms with van der Waals surface area (Å²) in [6.45, 7) is -0.238. The van der Waals surface area contributed by atoms with Crippen LogP contribution >= 0.6 is 0 Å². The van der Waals surface area contributed by atoms with E-state index in [0.717, 1.165) is 24.7 Å². The van der Waals surface area contributed by atoms with Gasteiger partial charge >= 0.3 is 18.0 Å². The van der Waals surface area contributed by atoms with Gasteiger partial charge in [-0.05, 0) is 5.56 Å². The van der Waals surface area contributed by atoms with Crippen LogP contribution in [-0.2, 0) is 35.2 Å². The first-order valence-corrected chi connectivity index (χ1v) is 8.85. The molecule has 1 aliphatic rings. The number of nitrogens with two attached hydrogens (primary N) is 1. The fraction of sp³-hybridized carbons (Fsp3) is 0.368. The Balaban J connectivity index is 2.08. The molecule has 0 aliphatic carbocycles. The number of ether oxygens (including phenoxy) is 3. The van der Waals surface area contributed by atoms with Gasteiger partial charge in [0.05, 0.1) is 32.9 Å². The average Bonchev–Trinajstić information content (AvgIpc) is 3.16. The quantitative estimate of drug-likeness (QED) is 0.132. The number of methoxy groups -OCH3 is 2. The van der Waals surface area contributed by atoms with Crippen LogP contribution in [0, 0.1) is 0 Å². The van der Waals surface area contributed by atoms with Gasteiger partial charge in [0.25, 0.3) is 0 Å². The first kappa shape index (κ1) is 22.7. The van der Waals surface area contributed by atoms with Gasteiger partial charge in [-0.2, -0.15) is 0 Å². The molecule has 0 bridgehead atoms. The molecular formula is C19H22FN3O7. The van der Waals surface area contributed by atoms with Crippen molar-refractivity contribution >= 4 is 23.9 Å². The second-order valence-corrected chi connectivity index (χ2v) is 6.17. The summed E-state index contributed by atoms with van der Waals surface area (Å²) in [5.41, 5.74) is 6.61. The SMILES string of the molecule is COC(=O)/C=C(/O/N=C(\N)[C@@H]1C[C@H](F)CN1C(=O)OCc1ccccc1)C(=O)OC. The number of alkyl halides is 1. The van der Waals surface area contributed by atoms with Crippen LogP contribution in [0.2, 0.25) is 0 Å². The molecule has 10 nitrogen and oxygen atoms in total. The van der Waals surface area contributed by atoms with Crippen LogP contribution in [0.3, 0.4) is 0 Å². The zero-order valence-corrected chi connectivity index (χ0v) is 16.4. The Hall–Kier alpha value is -3.63. The summed E-state index contributed by atoms with van der Waals surface area (Å²) >= 11 is 0. The lowest BCUT2D eigenvalue weighted by Gasteiger charge is -2.22. The van der Waals surface area contributed by atoms with Gasteiger partial charge in [-0.1, -0.05) is 35.5 Å². The van der Waals surface area contributed by atoms with Crippen LogP contribution in [0.5, 0.6) is 0 Å². The Bertz CT molecular complexity index is 829. The minimum atomic E-state index is -1.35. The molecule has 2 atom stereocenters. The zero-order chi connectivity index (χ0) is 22.1. The van der Waals surface area contributed by atoms with E-state index in [1.807, 2.05) is 6.07 Å². The number of amides is 1. The number of hydrogen-bond acceptors (Lipinski definition) is 8. The summed E-state index contributed by atoms with van der Waals surface area (Å²) in [7, 11) is 2.17. The van der Waals surface area contributed by atoms with Crippen LogP contribution in [0.15, 0.2) is 47.3 Å². The minimum absolute atomic E-state index is 0.00174. The standard InChI is InChI=1S/C19H22FN3O7/c1-27-16(24)9-15(18(25)28-2)30-22-17(21)14-8-13(20)10-23(14)19(26)29-11-12-6-4-3-5-7-12/h3-7,9,13-14H,8,10-11H2,1-2H3,(H2,21,22)/b15-9+/t13-,14-/m0/s1. The van der Waals surface area contributed by atoms with Crippen LogP contribution in [0.25, 0.3) is 0 Å². The van der Waals surface area contributed by atoms with Crippen molar-refractivity contribution in [3.63, 3.8) is 0 Å². The van der Waals surface area contributed by atoms with E-state index in [1.165, 1.54) is 0 Å². The van der Waals surface area contributed by atoms with Gasteiger partial charge in [0, 0.05) is 6.42 Å². The predicted molar refractivity (Wildman–Crippen MR) is 101 cm³/mol. The molecule has 0 saturated carbocycles. The van der Waals surface area contributed by atoms with E-state index in [1.54, 1.807) is 24.3 Å². The Labute approximate surface area is 172 Å². The highest BCUT2D eigenvalue weighted by Gasteiger charge is 2.39. The number of rotatable bonds is 7. The van der Waals surface area contributed by atoms with Gasteiger partial charge in [0.2, 0.25) is 5.76 Å². The summed E-state index contributed by atoms with van der Waals surface area (Å²) in [5.74, 6) is -2.78. The normalized spacial score (nSPS) is 19.2. The molecule has 1 aliphatic heterocycles. The maximum absolute atomic E-state index is 14.0. The lowest BCUT2D eigenvalue weighted by atomic mass is 10.2. The molecule has 0 spiro atoms. The number of carbonyl (C=O) groups excluding carboxylic acids is 3. The summed E-state index contributed by atoms with van der Waals surface area (Å²) in [6, 6.07) is 8.01. The lowest BCUT2D eigenvalue weighted by Crippen LogP contribution is -2.44. The van der Waals surface area contributed by atoms with E-state index in [0.29, 0.717) is 6.08 Å². The molecule has 0 radical (unpaired) electrons. The average molecular weight is 423 g/mol. The third-order valence-corrected chi connectivity index (χ3v) is 4.12. The van der Waals surface area contributed by atoms with Crippen molar-refractivity contribution in [3.8, 4) is 0 Å². The molecular weight excluding hydrogens is 401 g/mol. The number of amidine groups is 1. The predicted octanol–water partition coefficient (Wildman–Crippen LogP) is 1.25.